The number of hydrogen-bond acceptors (Lipinski definition) is 7. The molecule has 156 valence electrons. The van der Waals surface area contributed by atoms with Crippen molar-refractivity contribution in [2.75, 3.05) is 11.1 Å². The second-order valence-corrected chi connectivity index (χ2v) is 9.92. The van der Waals surface area contributed by atoms with E-state index in [2.05, 4.69) is 41.2 Å². The van der Waals surface area contributed by atoms with Crippen molar-refractivity contribution in [3.8, 4) is 0 Å². The highest BCUT2D eigenvalue weighted by Gasteiger charge is 2.16. The molecule has 0 aliphatic heterocycles. The molecule has 0 radical (unpaired) electrons. The molecule has 8 nitrogen and oxygen atoms in total. The Balaban J connectivity index is 2.26. The molecular formula is C19H24BrN5O3S. The molecule has 2 rings (SSSR count). The van der Waals surface area contributed by atoms with Gasteiger partial charge in [-0.3, -0.25) is 14.8 Å². The zero-order chi connectivity index (χ0) is 21.6. The highest BCUT2D eigenvalue weighted by Crippen LogP contribution is 2.14. The van der Waals surface area contributed by atoms with Gasteiger partial charge in [0.2, 0.25) is 0 Å². The van der Waals surface area contributed by atoms with Gasteiger partial charge in [0, 0.05) is 12.6 Å². The number of halogens is 1. The normalized spacial score (nSPS) is 12.3. The Morgan fingerprint density at radius 2 is 1.97 bits per heavy atom. The average Bonchev–Trinajstić information content (AvgIpc) is 2.66. The van der Waals surface area contributed by atoms with Crippen molar-refractivity contribution in [2.45, 2.75) is 45.6 Å². The van der Waals surface area contributed by atoms with Gasteiger partial charge in [-0.1, -0.05) is 20.8 Å². The van der Waals surface area contributed by atoms with E-state index < -0.39 is 9.84 Å². The Bertz CT molecular complexity index is 1010. The fourth-order valence-electron chi connectivity index (χ4n) is 2.37. The summed E-state index contributed by atoms with van der Waals surface area (Å²) >= 11 is 3.26. The summed E-state index contributed by atoms with van der Waals surface area (Å²) in [5.74, 6) is 0.654. The van der Waals surface area contributed by atoms with Crippen LogP contribution < -0.4 is 5.32 Å². The van der Waals surface area contributed by atoms with E-state index in [1.54, 1.807) is 19.9 Å². The van der Waals surface area contributed by atoms with Crippen molar-refractivity contribution in [2.24, 2.45) is 10.9 Å². The van der Waals surface area contributed by atoms with E-state index in [0.29, 0.717) is 28.2 Å². The maximum Gasteiger partial charge on any atom is 0.197 e. The highest BCUT2D eigenvalue weighted by atomic mass is 79.9. The number of nitrogens with zero attached hydrogens (tertiary/aromatic N) is 4. The third-order valence-corrected chi connectivity index (χ3v) is 6.05. The summed E-state index contributed by atoms with van der Waals surface area (Å²) in [4.78, 5) is 29.9. The van der Waals surface area contributed by atoms with Crippen molar-refractivity contribution < 1.29 is 13.2 Å². The third kappa shape index (κ3) is 6.67. The van der Waals surface area contributed by atoms with Gasteiger partial charge in [0.1, 0.15) is 4.60 Å². The summed E-state index contributed by atoms with van der Waals surface area (Å²) < 4.78 is 24.4. The van der Waals surface area contributed by atoms with Crippen LogP contribution in [0.4, 0.5) is 5.82 Å². The first-order valence-electron chi connectivity index (χ1n) is 9.14. The number of Topliss-reactive ketones (excluding diaryl/α,β-unsaturated/α-hetero) is 1. The van der Waals surface area contributed by atoms with Gasteiger partial charge in [-0.05, 0) is 40.9 Å². The van der Waals surface area contributed by atoms with Crippen LogP contribution in [0.25, 0.3) is 0 Å². The zero-order valence-corrected chi connectivity index (χ0v) is 19.2. The van der Waals surface area contributed by atoms with Crippen LogP contribution in [0.1, 0.15) is 38.6 Å². The quantitative estimate of drug-likeness (QED) is 0.453. The molecule has 0 bridgehead atoms. The van der Waals surface area contributed by atoms with E-state index in [-0.39, 0.29) is 34.7 Å². The first-order chi connectivity index (χ1) is 13.6. The first-order valence-corrected chi connectivity index (χ1v) is 11.6. The Morgan fingerprint density at radius 1 is 1.24 bits per heavy atom. The number of anilines is 1. The molecule has 0 saturated heterocycles. The van der Waals surface area contributed by atoms with Crippen molar-refractivity contribution in [3.63, 3.8) is 0 Å². The van der Waals surface area contributed by atoms with Crippen molar-refractivity contribution >= 4 is 43.2 Å². The summed E-state index contributed by atoms with van der Waals surface area (Å²) in [5, 5.41) is 2.98. The van der Waals surface area contributed by atoms with Crippen LogP contribution in [-0.2, 0) is 21.2 Å². The largest absolute Gasteiger partial charge is 0.321 e. The smallest absolute Gasteiger partial charge is 0.197 e. The zero-order valence-electron chi connectivity index (χ0n) is 16.8. The molecule has 0 fully saturated rings. The predicted molar refractivity (Wildman–Crippen MR) is 116 cm³/mol. The molecule has 0 saturated carbocycles. The maximum atomic E-state index is 12.6. The fourth-order valence-corrected chi connectivity index (χ4v) is 3.56. The van der Waals surface area contributed by atoms with Crippen LogP contribution >= 0.6 is 15.9 Å². The van der Waals surface area contributed by atoms with E-state index in [1.165, 1.54) is 18.5 Å². The fraction of sp³-hybridized carbons (Fsp3) is 0.421. The van der Waals surface area contributed by atoms with Gasteiger partial charge in [-0.2, -0.15) is 0 Å². The Labute approximate surface area is 179 Å². The number of sulfone groups is 1. The van der Waals surface area contributed by atoms with Gasteiger partial charge >= 0.3 is 0 Å². The molecule has 0 unspecified atom stereocenters. The summed E-state index contributed by atoms with van der Waals surface area (Å²) in [5.41, 5.74) is 1.17. The van der Waals surface area contributed by atoms with E-state index in [9.17, 15) is 13.2 Å². The number of rotatable bonds is 8. The Hall–Kier alpha value is -2.20. The lowest BCUT2D eigenvalue weighted by Gasteiger charge is -2.12. The van der Waals surface area contributed by atoms with Gasteiger partial charge in [-0.25, -0.2) is 18.4 Å². The second kappa shape index (κ2) is 10.0. The lowest BCUT2D eigenvalue weighted by atomic mass is 10.1. The number of aromatic nitrogens is 3. The topological polar surface area (TPSA) is 114 Å². The number of aryl methyl sites for hydroxylation is 1. The minimum absolute atomic E-state index is 0.0114. The lowest BCUT2D eigenvalue weighted by Crippen LogP contribution is -2.26. The molecule has 10 heteroatoms. The van der Waals surface area contributed by atoms with Crippen LogP contribution in [0, 0.1) is 12.8 Å². The number of hydrogen-bond donors (Lipinski definition) is 1. The van der Waals surface area contributed by atoms with Crippen LogP contribution in [0.5, 0.6) is 0 Å². The standard InChI is InChI=1S/C19H24BrN5O3S/c1-5-29(27,28)15-7-6-14(21-10-15)9-22-19(16(26)8-12(2)3)25-18-13(4)24-17(20)11-23-18/h6-7,10-12H,5,8-9H2,1-4H3,(H,22,23,25). The van der Waals surface area contributed by atoms with Crippen molar-refractivity contribution in [1.82, 2.24) is 15.0 Å². The molecule has 1 N–H and O–H groups in total. The number of ketones is 1. The summed E-state index contributed by atoms with van der Waals surface area (Å²) in [6.45, 7) is 7.39. The summed E-state index contributed by atoms with van der Waals surface area (Å²) in [6, 6.07) is 3.10. The monoisotopic (exact) mass is 481 g/mol. The molecule has 0 aromatic carbocycles. The van der Waals surface area contributed by atoms with E-state index in [4.69, 9.17) is 0 Å². The van der Waals surface area contributed by atoms with Crippen LogP contribution in [-0.4, -0.2) is 40.7 Å². The van der Waals surface area contributed by atoms with E-state index >= 15 is 0 Å². The molecule has 0 aliphatic rings. The Kier molecular flexibility index (Phi) is 7.97. The molecule has 2 aromatic heterocycles. The van der Waals surface area contributed by atoms with Crippen LogP contribution in [0.3, 0.4) is 0 Å². The summed E-state index contributed by atoms with van der Waals surface area (Å²) in [6.07, 6.45) is 3.18. The van der Waals surface area contributed by atoms with Crippen molar-refractivity contribution in [1.29, 1.82) is 0 Å². The first kappa shape index (κ1) is 23.1. The molecular weight excluding hydrogens is 458 g/mol. The van der Waals surface area contributed by atoms with Crippen LogP contribution in [0.15, 0.2) is 39.0 Å². The van der Waals surface area contributed by atoms with Crippen molar-refractivity contribution in [3.05, 3.63) is 40.5 Å². The number of nitrogens with one attached hydrogen (secondary N) is 1. The van der Waals surface area contributed by atoms with Gasteiger partial charge < -0.3 is 5.32 Å². The molecule has 0 spiro atoms. The number of carbonyl (C=O) groups is 1. The summed E-state index contributed by atoms with van der Waals surface area (Å²) in [7, 11) is -3.31. The van der Waals surface area contributed by atoms with E-state index in [0.717, 1.165) is 0 Å². The predicted octanol–water partition coefficient (Wildman–Crippen LogP) is 3.36. The number of carbonyl (C=O) groups excluding carboxylic acids is 1. The molecule has 2 aromatic rings. The molecule has 29 heavy (non-hydrogen) atoms. The van der Waals surface area contributed by atoms with E-state index in [1.807, 2.05) is 13.8 Å². The highest BCUT2D eigenvalue weighted by molar-refractivity contribution is 9.10. The van der Waals surface area contributed by atoms with Gasteiger partial charge in [0.05, 0.1) is 34.8 Å². The number of pyridine rings is 1. The minimum atomic E-state index is -3.31. The van der Waals surface area contributed by atoms with Crippen LogP contribution in [0.2, 0.25) is 0 Å². The number of amidine groups is 1. The maximum absolute atomic E-state index is 12.6. The lowest BCUT2D eigenvalue weighted by molar-refractivity contribution is -0.113. The van der Waals surface area contributed by atoms with Gasteiger partial charge in [0.15, 0.2) is 27.3 Å². The molecule has 2 heterocycles. The Morgan fingerprint density at radius 3 is 2.52 bits per heavy atom. The second-order valence-electron chi connectivity index (χ2n) is 6.83. The number of aliphatic imine (C=N–C) groups is 1. The van der Waals surface area contributed by atoms with Gasteiger partial charge in [0.25, 0.3) is 0 Å². The average molecular weight is 482 g/mol. The third-order valence-electron chi connectivity index (χ3n) is 3.95. The molecule has 0 amide bonds. The molecule has 0 aliphatic carbocycles. The van der Waals surface area contributed by atoms with Gasteiger partial charge in [-0.15, -0.1) is 0 Å². The SMILES string of the molecule is CCS(=O)(=O)c1ccc(CN=C(Nc2ncc(Br)nc2C)C(=O)CC(C)C)nc1. The molecule has 0 atom stereocenters. The minimum Gasteiger partial charge on any atom is -0.321 e.